The van der Waals surface area contributed by atoms with Crippen molar-refractivity contribution in [2.24, 2.45) is 5.92 Å². The standard InChI is InChI=1S/C18H22N2O7S/c21-10-19-13(8-16(23)24)15(22)7-12(6-11-4-2-1-3-5-11)17(25)20-14(9-28)18(26)27/h1-5,10,12-14,28H,6-9H2,(H,19,21)(H,20,25)(H,23,24)(H,26,27)/t12-,13+,14+/m1/s1. The van der Waals surface area contributed by atoms with Gasteiger partial charge in [-0.15, -0.1) is 0 Å². The van der Waals surface area contributed by atoms with Crippen LogP contribution in [0.5, 0.6) is 0 Å². The first kappa shape index (κ1) is 23.2. The highest BCUT2D eigenvalue weighted by Crippen LogP contribution is 2.16. The first-order chi connectivity index (χ1) is 13.3. The molecule has 1 aromatic rings. The first-order valence-electron chi connectivity index (χ1n) is 8.40. The maximum atomic E-state index is 12.6. The van der Waals surface area contributed by atoms with E-state index in [1.165, 1.54) is 0 Å². The molecule has 0 heterocycles. The van der Waals surface area contributed by atoms with E-state index in [1.54, 1.807) is 30.3 Å². The Balaban J connectivity index is 2.99. The lowest BCUT2D eigenvalue weighted by molar-refractivity contribution is -0.142. The number of carboxylic acid groups (broad SMARTS) is 2. The minimum absolute atomic E-state index is 0.137. The van der Waals surface area contributed by atoms with Crippen molar-refractivity contribution < 1.29 is 34.2 Å². The fourth-order valence-corrected chi connectivity index (χ4v) is 2.79. The fraction of sp³-hybridized carbons (Fsp3) is 0.389. The number of carbonyl (C=O) groups excluding carboxylic acids is 3. The summed E-state index contributed by atoms with van der Waals surface area (Å²) in [5, 5.41) is 22.5. The van der Waals surface area contributed by atoms with E-state index in [-0.39, 0.29) is 25.0 Å². The first-order valence-corrected chi connectivity index (χ1v) is 9.03. The van der Waals surface area contributed by atoms with Gasteiger partial charge in [0.05, 0.1) is 12.5 Å². The van der Waals surface area contributed by atoms with Crippen LogP contribution in [0.15, 0.2) is 30.3 Å². The molecule has 0 aromatic heterocycles. The second kappa shape index (κ2) is 11.8. The molecule has 10 heteroatoms. The average molecular weight is 410 g/mol. The average Bonchev–Trinajstić information content (AvgIpc) is 2.65. The third-order valence-electron chi connectivity index (χ3n) is 3.98. The number of rotatable bonds is 13. The smallest absolute Gasteiger partial charge is 0.327 e. The van der Waals surface area contributed by atoms with E-state index in [1.807, 2.05) is 0 Å². The molecule has 1 aromatic carbocycles. The van der Waals surface area contributed by atoms with Gasteiger partial charge in [0.2, 0.25) is 12.3 Å². The van der Waals surface area contributed by atoms with E-state index in [9.17, 15) is 24.0 Å². The van der Waals surface area contributed by atoms with Crippen LogP contribution in [0.2, 0.25) is 0 Å². The Morgan fingerprint density at radius 1 is 1.04 bits per heavy atom. The Morgan fingerprint density at radius 2 is 1.68 bits per heavy atom. The van der Waals surface area contributed by atoms with Crippen LogP contribution in [0.3, 0.4) is 0 Å². The topological polar surface area (TPSA) is 150 Å². The van der Waals surface area contributed by atoms with Gasteiger partial charge in [0, 0.05) is 18.1 Å². The van der Waals surface area contributed by atoms with Gasteiger partial charge in [-0.05, 0) is 12.0 Å². The van der Waals surface area contributed by atoms with Gasteiger partial charge in [0.1, 0.15) is 6.04 Å². The summed E-state index contributed by atoms with van der Waals surface area (Å²) in [5.41, 5.74) is 0.742. The summed E-state index contributed by atoms with van der Waals surface area (Å²) in [6.45, 7) is 0. The van der Waals surface area contributed by atoms with Crippen molar-refractivity contribution >= 4 is 42.7 Å². The number of ketones is 1. The highest BCUT2D eigenvalue weighted by Gasteiger charge is 2.30. The molecule has 1 rings (SSSR count). The lowest BCUT2D eigenvalue weighted by atomic mass is 9.90. The number of hydrogen-bond acceptors (Lipinski definition) is 6. The Bertz CT molecular complexity index is 711. The Hall–Kier alpha value is -2.88. The van der Waals surface area contributed by atoms with Gasteiger partial charge in [0.15, 0.2) is 5.78 Å². The maximum Gasteiger partial charge on any atom is 0.327 e. The molecule has 0 saturated heterocycles. The van der Waals surface area contributed by atoms with Crippen LogP contribution in [-0.4, -0.2) is 58.1 Å². The molecule has 2 amide bonds. The molecule has 0 radical (unpaired) electrons. The van der Waals surface area contributed by atoms with Crippen molar-refractivity contribution in [1.82, 2.24) is 10.6 Å². The predicted molar refractivity (Wildman–Crippen MR) is 102 cm³/mol. The van der Waals surface area contributed by atoms with Crippen molar-refractivity contribution in [2.45, 2.75) is 31.3 Å². The molecule has 0 saturated carbocycles. The largest absolute Gasteiger partial charge is 0.481 e. The van der Waals surface area contributed by atoms with Crippen LogP contribution in [0.4, 0.5) is 0 Å². The number of Topliss-reactive ketones (excluding diaryl/α,β-unsaturated/α-hetero) is 1. The van der Waals surface area contributed by atoms with E-state index in [4.69, 9.17) is 10.2 Å². The summed E-state index contributed by atoms with van der Waals surface area (Å²) < 4.78 is 0. The second-order valence-electron chi connectivity index (χ2n) is 6.07. The monoisotopic (exact) mass is 410 g/mol. The number of aliphatic carboxylic acids is 2. The third-order valence-corrected chi connectivity index (χ3v) is 4.34. The quantitative estimate of drug-likeness (QED) is 0.225. The summed E-state index contributed by atoms with van der Waals surface area (Å²) in [7, 11) is 0. The molecule has 0 aliphatic heterocycles. The van der Waals surface area contributed by atoms with Crippen molar-refractivity contribution in [3.05, 3.63) is 35.9 Å². The van der Waals surface area contributed by atoms with E-state index < -0.39 is 48.1 Å². The van der Waals surface area contributed by atoms with Crippen molar-refractivity contribution in [2.75, 3.05) is 5.75 Å². The van der Waals surface area contributed by atoms with E-state index in [0.29, 0.717) is 0 Å². The minimum Gasteiger partial charge on any atom is -0.481 e. The zero-order valence-electron chi connectivity index (χ0n) is 14.9. The molecular weight excluding hydrogens is 388 g/mol. The number of hydrogen-bond donors (Lipinski definition) is 5. The van der Waals surface area contributed by atoms with Crippen LogP contribution in [0.1, 0.15) is 18.4 Å². The Labute approximate surface area is 166 Å². The molecule has 0 aliphatic carbocycles. The molecule has 0 bridgehead atoms. The van der Waals surface area contributed by atoms with E-state index >= 15 is 0 Å². The number of thiol groups is 1. The molecular formula is C18H22N2O7S. The van der Waals surface area contributed by atoms with Gasteiger partial charge >= 0.3 is 11.9 Å². The molecule has 152 valence electrons. The summed E-state index contributed by atoms with van der Waals surface area (Å²) in [6.07, 6.45) is -0.624. The normalized spacial score (nSPS) is 13.6. The highest BCUT2D eigenvalue weighted by atomic mass is 32.1. The molecule has 0 spiro atoms. The lowest BCUT2D eigenvalue weighted by Crippen LogP contribution is -2.47. The number of amides is 2. The van der Waals surface area contributed by atoms with Gasteiger partial charge in [-0.2, -0.15) is 12.6 Å². The van der Waals surface area contributed by atoms with Crippen molar-refractivity contribution in [3.63, 3.8) is 0 Å². The molecule has 4 N–H and O–H groups in total. The summed E-state index contributed by atoms with van der Waals surface area (Å²) in [6, 6.07) is 6.27. The van der Waals surface area contributed by atoms with Gasteiger partial charge in [-0.25, -0.2) is 4.79 Å². The molecule has 0 aliphatic rings. The zero-order valence-corrected chi connectivity index (χ0v) is 15.8. The summed E-state index contributed by atoms with van der Waals surface area (Å²) in [4.78, 5) is 57.8. The lowest BCUT2D eigenvalue weighted by Gasteiger charge is -2.21. The van der Waals surface area contributed by atoms with E-state index in [2.05, 4.69) is 23.3 Å². The summed E-state index contributed by atoms with van der Waals surface area (Å²) >= 11 is 3.89. The third kappa shape index (κ3) is 7.78. The molecule has 28 heavy (non-hydrogen) atoms. The minimum atomic E-state index is -1.28. The molecule has 0 unspecified atom stereocenters. The van der Waals surface area contributed by atoms with Crippen LogP contribution in [0.25, 0.3) is 0 Å². The van der Waals surface area contributed by atoms with Crippen LogP contribution in [-0.2, 0) is 30.4 Å². The number of nitrogens with one attached hydrogen (secondary N) is 2. The zero-order chi connectivity index (χ0) is 21.1. The maximum absolute atomic E-state index is 12.6. The van der Waals surface area contributed by atoms with Gasteiger partial charge in [-0.3, -0.25) is 19.2 Å². The predicted octanol–water partition coefficient (Wildman–Crippen LogP) is -0.107. The second-order valence-corrected chi connectivity index (χ2v) is 6.44. The van der Waals surface area contributed by atoms with Crippen LogP contribution >= 0.6 is 12.6 Å². The SMILES string of the molecule is O=CN[C@@H](CC(=O)O)C(=O)C[C@@H](Cc1ccccc1)C(=O)N[C@@H](CS)C(=O)O. The van der Waals surface area contributed by atoms with Crippen LogP contribution < -0.4 is 10.6 Å². The van der Waals surface area contributed by atoms with Gasteiger partial charge in [-0.1, -0.05) is 30.3 Å². The fourth-order valence-electron chi connectivity index (χ4n) is 2.54. The molecule has 0 fully saturated rings. The van der Waals surface area contributed by atoms with Crippen molar-refractivity contribution in [3.8, 4) is 0 Å². The number of benzene rings is 1. The van der Waals surface area contributed by atoms with E-state index in [0.717, 1.165) is 5.56 Å². The van der Waals surface area contributed by atoms with Crippen LogP contribution in [0, 0.1) is 5.92 Å². The Kier molecular flexibility index (Phi) is 9.72. The van der Waals surface area contributed by atoms with Gasteiger partial charge < -0.3 is 20.8 Å². The van der Waals surface area contributed by atoms with Gasteiger partial charge in [0.25, 0.3) is 0 Å². The highest BCUT2D eigenvalue weighted by molar-refractivity contribution is 7.80. The molecule has 3 atom stereocenters. The Morgan fingerprint density at radius 3 is 2.18 bits per heavy atom. The molecule has 9 nitrogen and oxygen atoms in total. The number of carboxylic acids is 2. The van der Waals surface area contributed by atoms with Crippen molar-refractivity contribution in [1.29, 1.82) is 0 Å². The number of carbonyl (C=O) groups is 5. The summed E-state index contributed by atoms with van der Waals surface area (Å²) in [5.74, 6) is -4.93.